The molecule has 3 aliphatic rings. The first-order chi connectivity index (χ1) is 12.8. The van der Waals surface area contributed by atoms with Gasteiger partial charge in [-0.1, -0.05) is 6.92 Å². The Balaban J connectivity index is 1.66. The van der Waals surface area contributed by atoms with Gasteiger partial charge in [0, 0.05) is 12.6 Å². The lowest BCUT2D eigenvalue weighted by molar-refractivity contribution is -0.145. The fourth-order valence-electron chi connectivity index (χ4n) is 4.63. The van der Waals surface area contributed by atoms with Crippen molar-refractivity contribution in [2.45, 2.75) is 82.0 Å². The predicted molar refractivity (Wildman–Crippen MR) is 98.0 cm³/mol. The van der Waals surface area contributed by atoms with Crippen LogP contribution in [0.1, 0.15) is 51.9 Å². The molecule has 0 bridgehead atoms. The van der Waals surface area contributed by atoms with E-state index >= 15 is 0 Å². The molecule has 5 unspecified atom stereocenters. The second-order valence-corrected chi connectivity index (χ2v) is 7.80. The van der Waals surface area contributed by atoms with Crippen molar-refractivity contribution in [3.63, 3.8) is 0 Å². The number of amides is 3. The lowest BCUT2D eigenvalue weighted by Crippen LogP contribution is -2.59. The number of fused-ring (bicyclic) bond motifs is 1. The lowest BCUT2D eigenvalue weighted by Gasteiger charge is -2.37. The number of hydrogen-bond donors (Lipinski definition) is 4. The van der Waals surface area contributed by atoms with Gasteiger partial charge in [-0.3, -0.25) is 14.4 Å². The largest absolute Gasteiger partial charge is 0.475 e. The molecule has 0 aromatic heterocycles. The van der Waals surface area contributed by atoms with Gasteiger partial charge in [0.15, 0.2) is 0 Å². The second kappa shape index (κ2) is 8.16. The zero-order chi connectivity index (χ0) is 19.7. The molecule has 150 valence electrons. The average Bonchev–Trinajstić information content (AvgIpc) is 3.29. The van der Waals surface area contributed by atoms with Gasteiger partial charge in [0.1, 0.15) is 12.1 Å². The van der Waals surface area contributed by atoms with Crippen LogP contribution in [0.4, 0.5) is 0 Å². The van der Waals surface area contributed by atoms with Crippen molar-refractivity contribution in [2.75, 3.05) is 6.54 Å². The zero-order valence-electron chi connectivity index (χ0n) is 15.7. The first-order valence-electron chi connectivity index (χ1n) is 9.89. The molecular formula is C17H29BN4O5. The van der Waals surface area contributed by atoms with Gasteiger partial charge in [0.25, 0.3) is 0 Å². The van der Waals surface area contributed by atoms with Gasteiger partial charge < -0.3 is 30.9 Å². The summed E-state index contributed by atoms with van der Waals surface area (Å²) in [4.78, 5) is 41.1. The van der Waals surface area contributed by atoms with Crippen LogP contribution in [0.15, 0.2) is 0 Å². The number of carbonyl (C=O) groups excluding carboxylic acids is 3. The maximum atomic E-state index is 12.8. The summed E-state index contributed by atoms with van der Waals surface area (Å²) in [6.45, 7) is 2.24. The highest BCUT2D eigenvalue weighted by Crippen LogP contribution is 2.32. The van der Waals surface area contributed by atoms with Gasteiger partial charge in [0.2, 0.25) is 17.7 Å². The summed E-state index contributed by atoms with van der Waals surface area (Å²) >= 11 is 0. The summed E-state index contributed by atoms with van der Waals surface area (Å²) in [5.74, 6) is -1.47. The summed E-state index contributed by atoms with van der Waals surface area (Å²) in [6, 6.07) is -1.84. The highest BCUT2D eigenvalue weighted by atomic mass is 16.4. The Bertz CT molecular complexity index is 604. The third kappa shape index (κ3) is 3.83. The SMILES string of the molecule is CCC(NC(=O)C1CCC2CCC(N)C(=O)N21)C(=O)N1CCCC1B(O)O. The molecule has 3 saturated heterocycles. The predicted octanol–water partition coefficient (Wildman–Crippen LogP) is -1.64. The molecule has 3 rings (SSSR count). The summed E-state index contributed by atoms with van der Waals surface area (Å²) < 4.78 is 0. The van der Waals surface area contributed by atoms with Crippen molar-refractivity contribution in [2.24, 2.45) is 5.73 Å². The molecule has 0 spiro atoms. The minimum atomic E-state index is -1.59. The van der Waals surface area contributed by atoms with E-state index < -0.39 is 31.2 Å². The summed E-state index contributed by atoms with van der Waals surface area (Å²) in [7, 11) is -1.59. The molecule has 3 fully saturated rings. The van der Waals surface area contributed by atoms with Crippen LogP contribution >= 0.6 is 0 Å². The van der Waals surface area contributed by atoms with Crippen LogP contribution in [0.3, 0.4) is 0 Å². The number of nitrogens with one attached hydrogen (secondary N) is 1. The lowest BCUT2D eigenvalue weighted by atomic mass is 9.77. The molecule has 0 aromatic rings. The average molecular weight is 380 g/mol. The number of nitrogens with zero attached hydrogens (tertiary/aromatic N) is 2. The number of carbonyl (C=O) groups is 3. The minimum absolute atomic E-state index is 0.0522. The number of piperidine rings is 1. The van der Waals surface area contributed by atoms with Gasteiger partial charge >= 0.3 is 7.12 Å². The number of likely N-dealkylation sites (tertiary alicyclic amines) is 1. The Labute approximate surface area is 159 Å². The van der Waals surface area contributed by atoms with Gasteiger partial charge in [-0.15, -0.1) is 0 Å². The van der Waals surface area contributed by atoms with Crippen LogP contribution in [-0.2, 0) is 14.4 Å². The highest BCUT2D eigenvalue weighted by molar-refractivity contribution is 6.43. The van der Waals surface area contributed by atoms with E-state index in [0.717, 1.165) is 12.8 Å². The molecular weight excluding hydrogens is 351 g/mol. The van der Waals surface area contributed by atoms with E-state index in [4.69, 9.17) is 5.73 Å². The Morgan fingerprint density at radius 2 is 1.96 bits per heavy atom. The summed E-state index contributed by atoms with van der Waals surface area (Å²) in [5, 5.41) is 21.7. The zero-order valence-corrected chi connectivity index (χ0v) is 15.7. The van der Waals surface area contributed by atoms with Crippen LogP contribution in [0.25, 0.3) is 0 Å². The minimum Gasteiger partial charge on any atom is -0.426 e. The maximum absolute atomic E-state index is 12.8. The van der Waals surface area contributed by atoms with Gasteiger partial charge in [0.05, 0.1) is 12.0 Å². The Kier molecular flexibility index (Phi) is 6.07. The molecule has 0 aliphatic carbocycles. The third-order valence-corrected chi connectivity index (χ3v) is 6.14. The summed E-state index contributed by atoms with van der Waals surface area (Å²) in [5.41, 5.74) is 5.87. The van der Waals surface area contributed by atoms with Gasteiger partial charge in [-0.2, -0.15) is 0 Å². The fourth-order valence-corrected chi connectivity index (χ4v) is 4.63. The highest BCUT2D eigenvalue weighted by Gasteiger charge is 2.46. The molecule has 3 heterocycles. The quantitative estimate of drug-likeness (QED) is 0.423. The van der Waals surface area contributed by atoms with E-state index in [9.17, 15) is 24.4 Å². The Hall–Kier alpha value is -1.65. The number of nitrogens with two attached hydrogens (primary N) is 1. The van der Waals surface area contributed by atoms with Crippen LogP contribution in [0.5, 0.6) is 0 Å². The van der Waals surface area contributed by atoms with Crippen LogP contribution in [-0.4, -0.2) is 81.3 Å². The molecule has 0 aromatic carbocycles. The molecule has 0 radical (unpaired) electrons. The molecule has 0 saturated carbocycles. The first-order valence-corrected chi connectivity index (χ1v) is 9.89. The van der Waals surface area contributed by atoms with E-state index in [-0.39, 0.29) is 23.8 Å². The molecule has 3 amide bonds. The Morgan fingerprint density at radius 1 is 1.26 bits per heavy atom. The summed E-state index contributed by atoms with van der Waals surface area (Å²) in [6.07, 6.45) is 4.40. The van der Waals surface area contributed by atoms with E-state index in [2.05, 4.69) is 5.32 Å². The maximum Gasteiger partial charge on any atom is 0.475 e. The van der Waals surface area contributed by atoms with Crippen LogP contribution < -0.4 is 11.1 Å². The van der Waals surface area contributed by atoms with Crippen molar-refractivity contribution in [3.05, 3.63) is 0 Å². The van der Waals surface area contributed by atoms with Crippen molar-refractivity contribution >= 4 is 24.8 Å². The normalized spacial score (nSPS) is 31.6. The standard InChI is InChI=1S/C17H29BN4O5/c1-2-12(17(25)21-9-3-4-14(21)18(26)27)20-15(23)13-8-6-10-5-7-11(19)16(24)22(10)13/h10-14,26-27H,2-9,19H2,1H3,(H,20,23). The van der Waals surface area contributed by atoms with Gasteiger partial charge in [-0.25, -0.2) is 0 Å². The van der Waals surface area contributed by atoms with Crippen molar-refractivity contribution in [1.29, 1.82) is 0 Å². The van der Waals surface area contributed by atoms with E-state index in [0.29, 0.717) is 38.6 Å². The molecule has 9 nitrogen and oxygen atoms in total. The first kappa shape index (κ1) is 20.1. The molecule has 3 aliphatic heterocycles. The molecule has 10 heteroatoms. The third-order valence-electron chi connectivity index (χ3n) is 6.14. The van der Waals surface area contributed by atoms with Crippen molar-refractivity contribution in [3.8, 4) is 0 Å². The smallest absolute Gasteiger partial charge is 0.426 e. The molecule has 5 N–H and O–H groups in total. The Morgan fingerprint density at radius 3 is 2.63 bits per heavy atom. The molecule has 5 atom stereocenters. The van der Waals surface area contributed by atoms with E-state index in [1.807, 2.05) is 0 Å². The number of hydrogen-bond acceptors (Lipinski definition) is 6. The van der Waals surface area contributed by atoms with E-state index in [1.54, 1.807) is 11.8 Å². The van der Waals surface area contributed by atoms with Crippen molar-refractivity contribution < 1.29 is 24.4 Å². The monoisotopic (exact) mass is 380 g/mol. The van der Waals surface area contributed by atoms with Crippen LogP contribution in [0, 0.1) is 0 Å². The van der Waals surface area contributed by atoms with Crippen molar-refractivity contribution in [1.82, 2.24) is 15.1 Å². The topological polar surface area (TPSA) is 136 Å². The second-order valence-electron chi connectivity index (χ2n) is 7.80. The van der Waals surface area contributed by atoms with Crippen LogP contribution in [0.2, 0.25) is 0 Å². The van der Waals surface area contributed by atoms with Gasteiger partial charge in [-0.05, 0) is 44.9 Å². The van der Waals surface area contributed by atoms with E-state index in [1.165, 1.54) is 4.90 Å². The number of rotatable bonds is 5. The fraction of sp³-hybridized carbons (Fsp3) is 0.824. The molecule has 27 heavy (non-hydrogen) atoms.